The first-order valence-electron chi connectivity index (χ1n) is 8.05. The summed E-state index contributed by atoms with van der Waals surface area (Å²) in [5.41, 5.74) is 3.68. The topological polar surface area (TPSA) is 52.6 Å². The molecule has 0 fully saturated rings. The number of esters is 2. The lowest BCUT2D eigenvalue weighted by atomic mass is 10.1. The van der Waals surface area contributed by atoms with Gasteiger partial charge in [-0.3, -0.25) is 0 Å². The van der Waals surface area contributed by atoms with E-state index in [0.717, 1.165) is 34.4 Å². The van der Waals surface area contributed by atoms with Crippen molar-refractivity contribution >= 4 is 24.1 Å². The van der Waals surface area contributed by atoms with Gasteiger partial charge in [0.1, 0.15) is 13.2 Å². The summed E-state index contributed by atoms with van der Waals surface area (Å²) >= 11 is 0. The number of hydrogen-bond donors (Lipinski definition) is 0. The number of benzene rings is 2. The van der Waals surface area contributed by atoms with Gasteiger partial charge >= 0.3 is 11.9 Å². The molecule has 132 valence electrons. The van der Waals surface area contributed by atoms with Gasteiger partial charge in [0.25, 0.3) is 0 Å². The standard InChI is InChI=1S/C22H20O4/c1-3-17-5-9-19(10-6-17)15-25-21(23)13-14-22(24)26-16-20-11-7-18(4-2)8-12-20/h3-14H,1-2,15-16H2/b14-13-. The van der Waals surface area contributed by atoms with Gasteiger partial charge in [0.15, 0.2) is 0 Å². The number of carbonyl (C=O) groups excluding carboxylic acids is 2. The predicted octanol–water partition coefficient (Wildman–Crippen LogP) is 4.32. The molecule has 0 saturated carbocycles. The Morgan fingerprint density at radius 2 is 1.04 bits per heavy atom. The number of hydrogen-bond acceptors (Lipinski definition) is 4. The lowest BCUT2D eigenvalue weighted by Crippen LogP contribution is -2.04. The number of ether oxygens (including phenoxy) is 2. The Kier molecular flexibility index (Phi) is 7.13. The van der Waals surface area contributed by atoms with Gasteiger partial charge in [-0.2, -0.15) is 0 Å². The zero-order chi connectivity index (χ0) is 18.8. The molecular formula is C22H20O4. The van der Waals surface area contributed by atoms with Gasteiger partial charge in [0.05, 0.1) is 0 Å². The average molecular weight is 348 g/mol. The monoisotopic (exact) mass is 348 g/mol. The summed E-state index contributed by atoms with van der Waals surface area (Å²) in [6.45, 7) is 7.61. The second-order valence-electron chi connectivity index (χ2n) is 5.44. The predicted molar refractivity (Wildman–Crippen MR) is 102 cm³/mol. The van der Waals surface area contributed by atoms with Crippen molar-refractivity contribution in [2.24, 2.45) is 0 Å². The molecule has 0 N–H and O–H groups in total. The molecule has 2 aromatic rings. The summed E-state index contributed by atoms with van der Waals surface area (Å²) in [6.07, 6.45) is 5.58. The summed E-state index contributed by atoms with van der Waals surface area (Å²) in [5.74, 6) is -1.21. The molecule has 0 unspecified atom stereocenters. The van der Waals surface area contributed by atoms with E-state index in [0.29, 0.717) is 0 Å². The molecule has 0 saturated heterocycles. The van der Waals surface area contributed by atoms with Gasteiger partial charge in [0.2, 0.25) is 0 Å². The fourth-order valence-electron chi connectivity index (χ4n) is 2.04. The Balaban J connectivity index is 1.74. The van der Waals surface area contributed by atoms with Crippen molar-refractivity contribution < 1.29 is 19.1 Å². The Morgan fingerprint density at radius 1 is 0.692 bits per heavy atom. The van der Waals surface area contributed by atoms with Gasteiger partial charge in [0, 0.05) is 12.2 Å². The highest BCUT2D eigenvalue weighted by Crippen LogP contribution is 2.08. The summed E-state index contributed by atoms with van der Waals surface area (Å²) in [5, 5.41) is 0. The minimum atomic E-state index is -0.606. The largest absolute Gasteiger partial charge is 0.458 e. The summed E-state index contributed by atoms with van der Waals surface area (Å²) in [4.78, 5) is 23.3. The zero-order valence-corrected chi connectivity index (χ0v) is 14.4. The fraction of sp³-hybridized carbons (Fsp3) is 0.0909. The molecule has 26 heavy (non-hydrogen) atoms. The first-order valence-corrected chi connectivity index (χ1v) is 8.05. The summed E-state index contributed by atoms with van der Waals surface area (Å²) < 4.78 is 10.1. The highest BCUT2D eigenvalue weighted by atomic mass is 16.5. The lowest BCUT2D eigenvalue weighted by molar-refractivity contribution is -0.141. The molecule has 0 spiro atoms. The SMILES string of the molecule is C=Cc1ccc(COC(=O)/C=C\C(=O)OCc2ccc(C=C)cc2)cc1. The van der Waals surface area contributed by atoms with Crippen LogP contribution in [0.15, 0.2) is 73.8 Å². The molecule has 0 aliphatic carbocycles. The molecule has 0 aliphatic heterocycles. The van der Waals surface area contributed by atoms with Gasteiger partial charge in [-0.15, -0.1) is 0 Å². The highest BCUT2D eigenvalue weighted by Gasteiger charge is 2.03. The highest BCUT2D eigenvalue weighted by molar-refractivity contribution is 5.91. The van der Waals surface area contributed by atoms with Crippen molar-refractivity contribution in [2.75, 3.05) is 0 Å². The van der Waals surface area contributed by atoms with Crippen LogP contribution >= 0.6 is 0 Å². The van der Waals surface area contributed by atoms with Crippen molar-refractivity contribution in [1.82, 2.24) is 0 Å². The van der Waals surface area contributed by atoms with Crippen molar-refractivity contribution in [3.8, 4) is 0 Å². The third-order valence-electron chi connectivity index (χ3n) is 3.55. The first-order chi connectivity index (χ1) is 12.6. The van der Waals surface area contributed by atoms with Crippen LogP contribution in [-0.4, -0.2) is 11.9 Å². The molecule has 0 amide bonds. The van der Waals surface area contributed by atoms with Crippen LogP contribution in [0.5, 0.6) is 0 Å². The quantitative estimate of drug-likeness (QED) is 0.527. The van der Waals surface area contributed by atoms with Crippen molar-refractivity contribution in [2.45, 2.75) is 13.2 Å². The molecule has 0 radical (unpaired) electrons. The minimum absolute atomic E-state index is 0.130. The van der Waals surface area contributed by atoms with E-state index in [9.17, 15) is 9.59 Å². The molecule has 4 nitrogen and oxygen atoms in total. The molecule has 0 aliphatic rings. The normalized spacial score (nSPS) is 10.3. The van der Waals surface area contributed by atoms with Gasteiger partial charge in [-0.05, 0) is 22.3 Å². The molecule has 4 heteroatoms. The van der Waals surface area contributed by atoms with Crippen LogP contribution in [0.2, 0.25) is 0 Å². The molecule has 0 atom stereocenters. The second kappa shape index (κ2) is 9.79. The lowest BCUT2D eigenvalue weighted by Gasteiger charge is -2.04. The smallest absolute Gasteiger partial charge is 0.331 e. The average Bonchev–Trinajstić information content (AvgIpc) is 2.69. The maximum atomic E-state index is 11.6. The second-order valence-corrected chi connectivity index (χ2v) is 5.44. The summed E-state index contributed by atoms with van der Waals surface area (Å²) in [7, 11) is 0. The van der Waals surface area contributed by atoms with Crippen LogP contribution in [0, 0.1) is 0 Å². The Hall–Kier alpha value is -3.40. The Labute approximate surface area is 153 Å². The van der Waals surface area contributed by atoms with Gasteiger partial charge in [-0.25, -0.2) is 9.59 Å². The molecule has 0 aromatic heterocycles. The van der Waals surface area contributed by atoms with E-state index in [2.05, 4.69) is 13.2 Å². The summed E-state index contributed by atoms with van der Waals surface area (Å²) in [6, 6.07) is 14.9. The van der Waals surface area contributed by atoms with Crippen LogP contribution < -0.4 is 0 Å². The minimum Gasteiger partial charge on any atom is -0.458 e. The number of rotatable bonds is 8. The Morgan fingerprint density at radius 3 is 1.35 bits per heavy atom. The fourth-order valence-corrected chi connectivity index (χ4v) is 2.04. The maximum absolute atomic E-state index is 11.6. The van der Waals surface area contributed by atoms with Crippen LogP contribution in [0.1, 0.15) is 22.3 Å². The Bertz CT molecular complexity index is 730. The maximum Gasteiger partial charge on any atom is 0.331 e. The van der Waals surface area contributed by atoms with Crippen LogP contribution in [0.25, 0.3) is 12.2 Å². The zero-order valence-electron chi connectivity index (χ0n) is 14.4. The molecule has 2 rings (SSSR count). The van der Waals surface area contributed by atoms with Crippen LogP contribution in [-0.2, 0) is 32.3 Å². The van der Waals surface area contributed by atoms with E-state index in [1.165, 1.54) is 0 Å². The van der Waals surface area contributed by atoms with E-state index in [1.807, 2.05) is 48.5 Å². The third-order valence-corrected chi connectivity index (χ3v) is 3.55. The third kappa shape index (κ3) is 6.24. The van der Waals surface area contributed by atoms with Crippen molar-refractivity contribution in [1.29, 1.82) is 0 Å². The van der Waals surface area contributed by atoms with E-state index >= 15 is 0 Å². The van der Waals surface area contributed by atoms with E-state index < -0.39 is 11.9 Å². The van der Waals surface area contributed by atoms with Crippen LogP contribution in [0.3, 0.4) is 0 Å². The van der Waals surface area contributed by atoms with Crippen molar-refractivity contribution in [3.63, 3.8) is 0 Å². The van der Waals surface area contributed by atoms with E-state index in [-0.39, 0.29) is 13.2 Å². The van der Waals surface area contributed by atoms with Crippen LogP contribution in [0.4, 0.5) is 0 Å². The van der Waals surface area contributed by atoms with E-state index in [4.69, 9.17) is 9.47 Å². The molecule has 2 aromatic carbocycles. The first kappa shape index (κ1) is 18.9. The van der Waals surface area contributed by atoms with Gasteiger partial charge in [-0.1, -0.05) is 73.8 Å². The van der Waals surface area contributed by atoms with E-state index in [1.54, 1.807) is 12.2 Å². The van der Waals surface area contributed by atoms with Gasteiger partial charge < -0.3 is 9.47 Å². The number of carbonyl (C=O) groups is 2. The molecule has 0 heterocycles. The molecule has 0 bridgehead atoms. The van der Waals surface area contributed by atoms with Crippen molar-refractivity contribution in [3.05, 3.63) is 96.1 Å². The molecular weight excluding hydrogens is 328 g/mol.